The van der Waals surface area contributed by atoms with Crippen molar-refractivity contribution < 1.29 is 5.11 Å². The summed E-state index contributed by atoms with van der Waals surface area (Å²) in [5.41, 5.74) is 0.508. The highest BCUT2D eigenvalue weighted by Gasteiger charge is 2.38. The van der Waals surface area contributed by atoms with Crippen LogP contribution in [0.25, 0.3) is 0 Å². The summed E-state index contributed by atoms with van der Waals surface area (Å²) in [6.07, 6.45) is 9.03. The maximum absolute atomic E-state index is 9.12. The molecule has 1 N–H and O–H groups in total. The average Bonchev–Trinajstić information content (AvgIpc) is 2.26. The van der Waals surface area contributed by atoms with Gasteiger partial charge in [-0.25, -0.2) is 0 Å². The van der Waals surface area contributed by atoms with E-state index < -0.39 is 0 Å². The number of hydrogen-bond donors (Lipinski definition) is 2. The molecular weight excluding hydrogens is 218 g/mol. The second-order valence-electron chi connectivity index (χ2n) is 5.64. The summed E-state index contributed by atoms with van der Waals surface area (Å²) in [5.74, 6) is 1.04. The van der Waals surface area contributed by atoms with Crippen LogP contribution in [0.2, 0.25) is 0 Å². The summed E-state index contributed by atoms with van der Waals surface area (Å²) < 4.78 is 0. The van der Waals surface area contributed by atoms with Crippen molar-refractivity contribution in [2.24, 2.45) is 5.41 Å². The Labute approximate surface area is 105 Å². The molecule has 1 saturated heterocycles. The molecule has 0 amide bonds. The smallest absolute Gasteiger partial charge is 0.0445 e. The number of likely N-dealkylation sites (tertiary alicyclic amines) is 1. The standard InChI is InChI=1S/C13H25NOS/c15-9-5-12-4-1-2-8-14(12)10-13(11-16)6-3-7-13/h12,15-16H,1-11H2. The third kappa shape index (κ3) is 2.74. The number of rotatable bonds is 5. The van der Waals surface area contributed by atoms with Crippen molar-refractivity contribution in [3.8, 4) is 0 Å². The van der Waals surface area contributed by atoms with Gasteiger partial charge in [0, 0.05) is 19.2 Å². The minimum atomic E-state index is 0.342. The molecule has 0 aromatic carbocycles. The molecule has 0 aromatic heterocycles. The van der Waals surface area contributed by atoms with Crippen LogP contribution in [-0.2, 0) is 0 Å². The Morgan fingerprint density at radius 3 is 2.62 bits per heavy atom. The predicted octanol–water partition coefficient (Wildman–Crippen LogP) is 2.32. The van der Waals surface area contributed by atoms with Crippen LogP contribution in [0, 0.1) is 5.41 Å². The van der Waals surface area contributed by atoms with E-state index in [0.717, 1.165) is 12.2 Å². The van der Waals surface area contributed by atoms with Gasteiger partial charge in [-0.05, 0) is 49.8 Å². The molecular formula is C13H25NOS. The van der Waals surface area contributed by atoms with Crippen LogP contribution >= 0.6 is 12.6 Å². The highest BCUT2D eigenvalue weighted by atomic mass is 32.1. The summed E-state index contributed by atoms with van der Waals surface area (Å²) in [4.78, 5) is 2.63. The summed E-state index contributed by atoms with van der Waals surface area (Å²) >= 11 is 4.54. The van der Waals surface area contributed by atoms with Crippen LogP contribution in [0.3, 0.4) is 0 Å². The maximum atomic E-state index is 9.12. The van der Waals surface area contributed by atoms with E-state index in [-0.39, 0.29) is 0 Å². The van der Waals surface area contributed by atoms with Crippen LogP contribution in [0.4, 0.5) is 0 Å². The lowest BCUT2D eigenvalue weighted by Crippen LogP contribution is -2.49. The number of aliphatic hydroxyl groups excluding tert-OH is 1. The molecule has 2 aliphatic rings. The topological polar surface area (TPSA) is 23.5 Å². The van der Waals surface area contributed by atoms with E-state index in [1.165, 1.54) is 51.6 Å². The molecule has 1 atom stereocenters. The number of aliphatic hydroxyl groups is 1. The monoisotopic (exact) mass is 243 g/mol. The summed E-state index contributed by atoms with van der Waals surface area (Å²) in [5, 5.41) is 9.12. The van der Waals surface area contributed by atoms with Gasteiger partial charge in [-0.1, -0.05) is 12.8 Å². The Kier molecular flexibility index (Phi) is 4.57. The largest absolute Gasteiger partial charge is 0.396 e. The molecule has 2 fully saturated rings. The van der Waals surface area contributed by atoms with E-state index in [1.54, 1.807) is 0 Å². The van der Waals surface area contributed by atoms with Crippen molar-refractivity contribution in [1.29, 1.82) is 0 Å². The highest BCUT2D eigenvalue weighted by Crippen LogP contribution is 2.43. The zero-order chi connectivity index (χ0) is 11.4. The van der Waals surface area contributed by atoms with Gasteiger partial charge in [0.25, 0.3) is 0 Å². The maximum Gasteiger partial charge on any atom is 0.0445 e. The van der Waals surface area contributed by atoms with Crippen molar-refractivity contribution >= 4 is 12.6 Å². The van der Waals surface area contributed by atoms with Crippen LogP contribution in [0.1, 0.15) is 44.9 Å². The lowest BCUT2D eigenvalue weighted by atomic mass is 9.69. The molecule has 1 heterocycles. The van der Waals surface area contributed by atoms with Gasteiger partial charge < -0.3 is 5.11 Å². The lowest BCUT2D eigenvalue weighted by molar-refractivity contribution is 0.0370. The van der Waals surface area contributed by atoms with Gasteiger partial charge in [0.05, 0.1) is 0 Å². The number of thiol groups is 1. The average molecular weight is 243 g/mol. The summed E-state index contributed by atoms with van der Waals surface area (Å²) in [6.45, 7) is 2.80. The zero-order valence-electron chi connectivity index (χ0n) is 10.2. The third-order valence-corrected chi connectivity index (χ3v) is 5.17. The van der Waals surface area contributed by atoms with Crippen LogP contribution in [0.15, 0.2) is 0 Å². The SMILES string of the molecule is OCCC1CCCCN1CC1(CS)CCC1. The molecule has 1 aliphatic heterocycles. The fourth-order valence-electron chi connectivity index (χ4n) is 3.22. The molecule has 2 rings (SSSR count). The molecule has 0 bridgehead atoms. The first kappa shape index (κ1) is 12.7. The first-order chi connectivity index (χ1) is 7.79. The van der Waals surface area contributed by atoms with E-state index >= 15 is 0 Å². The second kappa shape index (κ2) is 5.74. The van der Waals surface area contributed by atoms with E-state index in [9.17, 15) is 0 Å². The van der Waals surface area contributed by atoms with Crippen molar-refractivity contribution in [2.75, 3.05) is 25.4 Å². The number of nitrogens with zero attached hydrogens (tertiary/aromatic N) is 1. The first-order valence-corrected chi connectivity index (χ1v) is 7.39. The number of piperidine rings is 1. The Bertz CT molecular complexity index is 210. The Morgan fingerprint density at radius 1 is 1.25 bits per heavy atom. The normalized spacial score (nSPS) is 30.0. The van der Waals surface area contributed by atoms with E-state index in [1.807, 2.05) is 0 Å². The van der Waals surface area contributed by atoms with Gasteiger partial charge in [0.2, 0.25) is 0 Å². The van der Waals surface area contributed by atoms with Crippen molar-refractivity contribution in [1.82, 2.24) is 4.90 Å². The fourth-order valence-corrected chi connectivity index (χ4v) is 3.63. The molecule has 0 radical (unpaired) electrons. The van der Waals surface area contributed by atoms with Gasteiger partial charge in [-0.15, -0.1) is 0 Å². The molecule has 1 aliphatic carbocycles. The van der Waals surface area contributed by atoms with Crippen LogP contribution in [-0.4, -0.2) is 41.5 Å². The molecule has 1 unspecified atom stereocenters. The van der Waals surface area contributed by atoms with Crippen molar-refractivity contribution in [2.45, 2.75) is 51.0 Å². The number of hydrogen-bond acceptors (Lipinski definition) is 3. The minimum absolute atomic E-state index is 0.342. The van der Waals surface area contributed by atoms with Crippen molar-refractivity contribution in [3.63, 3.8) is 0 Å². The van der Waals surface area contributed by atoms with Crippen LogP contribution < -0.4 is 0 Å². The molecule has 1 saturated carbocycles. The first-order valence-electron chi connectivity index (χ1n) is 6.75. The van der Waals surface area contributed by atoms with E-state index in [0.29, 0.717) is 18.1 Å². The van der Waals surface area contributed by atoms with Crippen LogP contribution in [0.5, 0.6) is 0 Å². The molecule has 94 valence electrons. The molecule has 2 nitrogen and oxygen atoms in total. The van der Waals surface area contributed by atoms with Gasteiger partial charge in [0.15, 0.2) is 0 Å². The Balaban J connectivity index is 1.89. The van der Waals surface area contributed by atoms with Crippen molar-refractivity contribution in [3.05, 3.63) is 0 Å². The summed E-state index contributed by atoms with van der Waals surface area (Å²) in [6, 6.07) is 0.635. The van der Waals surface area contributed by atoms with Gasteiger partial charge in [-0.3, -0.25) is 4.90 Å². The highest BCUT2D eigenvalue weighted by molar-refractivity contribution is 7.80. The lowest BCUT2D eigenvalue weighted by Gasteiger charge is -2.47. The Hall–Kier alpha value is 0.270. The predicted molar refractivity (Wildman–Crippen MR) is 71.1 cm³/mol. The van der Waals surface area contributed by atoms with Gasteiger partial charge >= 0.3 is 0 Å². The molecule has 16 heavy (non-hydrogen) atoms. The fraction of sp³-hybridized carbons (Fsp3) is 1.00. The zero-order valence-corrected chi connectivity index (χ0v) is 11.1. The molecule has 3 heteroatoms. The summed E-state index contributed by atoms with van der Waals surface area (Å²) in [7, 11) is 0. The van der Waals surface area contributed by atoms with E-state index in [2.05, 4.69) is 17.5 Å². The van der Waals surface area contributed by atoms with Gasteiger partial charge in [0.1, 0.15) is 0 Å². The van der Waals surface area contributed by atoms with E-state index in [4.69, 9.17) is 5.11 Å². The third-order valence-electron chi connectivity index (χ3n) is 4.50. The molecule has 0 aromatic rings. The molecule has 0 spiro atoms. The minimum Gasteiger partial charge on any atom is -0.396 e. The van der Waals surface area contributed by atoms with Gasteiger partial charge in [-0.2, -0.15) is 12.6 Å². The Morgan fingerprint density at radius 2 is 2.06 bits per heavy atom. The second-order valence-corrected chi connectivity index (χ2v) is 5.96. The quantitative estimate of drug-likeness (QED) is 0.724.